The second-order valence-corrected chi connectivity index (χ2v) is 2.31. The molecule has 0 saturated heterocycles. The van der Waals surface area contributed by atoms with Gasteiger partial charge in [0.05, 0.1) is 13.2 Å². The molecule has 0 aliphatic rings. The molecular weight excluding hydrogens is 304 g/mol. The summed E-state index contributed by atoms with van der Waals surface area (Å²) in [5, 5.41) is 0.245. The van der Waals surface area contributed by atoms with Crippen LogP contribution in [0.25, 0.3) is 0 Å². The van der Waals surface area contributed by atoms with Crippen LogP contribution in [0, 0.1) is 0 Å². The van der Waals surface area contributed by atoms with Crippen molar-refractivity contribution in [2.75, 3.05) is 13.2 Å². The average Bonchev–Trinajstić information content (AvgIpc) is 1.87. The van der Waals surface area contributed by atoms with E-state index in [0.717, 1.165) is 0 Å². The monoisotopic (exact) mass is 317 g/mol. The summed E-state index contributed by atoms with van der Waals surface area (Å²) >= 11 is 8.70. The molecule has 13 heavy (non-hydrogen) atoms. The Morgan fingerprint density at radius 2 is 1.23 bits per heavy atom. The van der Waals surface area contributed by atoms with Crippen molar-refractivity contribution in [3.05, 3.63) is 0 Å². The van der Waals surface area contributed by atoms with E-state index in [1.165, 1.54) is 0 Å². The van der Waals surface area contributed by atoms with E-state index in [1.54, 1.807) is 0 Å². The Kier molecular flexibility index (Phi) is 21.2. The van der Waals surface area contributed by atoms with Crippen molar-refractivity contribution in [1.82, 2.24) is 0 Å². The molecule has 0 aliphatic carbocycles. The molecule has 0 unspecified atom stereocenters. The molecule has 1 radical (unpaired) electrons. The summed E-state index contributed by atoms with van der Waals surface area (Å²) in [7, 11) is 0. The Hall–Kier alpha value is 0.120. The zero-order chi connectivity index (χ0) is 9.98. The minimum atomic E-state index is 0. The van der Waals surface area contributed by atoms with Crippen LogP contribution in [0.15, 0.2) is 0 Å². The zero-order valence-corrected chi connectivity index (χ0v) is 10.6. The Morgan fingerprint density at radius 1 is 1.00 bits per heavy atom. The fraction of sp³-hybridized carbons (Fsp3) is 0.667. The van der Waals surface area contributed by atoms with Crippen LogP contribution in [-0.4, -0.2) is 23.6 Å². The summed E-state index contributed by atoms with van der Waals surface area (Å²) in [4.78, 5) is 0. The molecule has 0 amide bonds. The van der Waals surface area contributed by atoms with Gasteiger partial charge in [-0.25, -0.2) is 0 Å². The standard InChI is InChI=1S/2C3H7NOS.Ag/c2*1-2-5-3(4)6;/h2*2H2,1H3,(H2,4,6);. The predicted octanol–water partition coefficient (Wildman–Crippen LogP) is 0.531. The van der Waals surface area contributed by atoms with Crippen molar-refractivity contribution in [3.63, 3.8) is 0 Å². The number of thiocarbonyl (C=S) groups is 2. The van der Waals surface area contributed by atoms with Gasteiger partial charge in [-0.3, -0.25) is 0 Å². The topological polar surface area (TPSA) is 70.5 Å². The van der Waals surface area contributed by atoms with E-state index in [-0.39, 0.29) is 32.7 Å². The van der Waals surface area contributed by atoms with Crippen molar-refractivity contribution in [1.29, 1.82) is 0 Å². The summed E-state index contributed by atoms with van der Waals surface area (Å²) < 4.78 is 9.10. The van der Waals surface area contributed by atoms with Gasteiger partial charge < -0.3 is 20.9 Å². The van der Waals surface area contributed by atoms with Gasteiger partial charge in [0.1, 0.15) is 0 Å². The Bertz CT molecular complexity index is 131. The van der Waals surface area contributed by atoms with Crippen molar-refractivity contribution in [2.45, 2.75) is 13.8 Å². The summed E-state index contributed by atoms with van der Waals surface area (Å²) in [6.45, 7) is 4.79. The van der Waals surface area contributed by atoms with Crippen LogP contribution in [0.4, 0.5) is 0 Å². The van der Waals surface area contributed by atoms with Crippen LogP contribution >= 0.6 is 24.4 Å². The van der Waals surface area contributed by atoms with Gasteiger partial charge in [-0.05, 0) is 38.3 Å². The molecule has 0 aromatic carbocycles. The third-order valence-electron chi connectivity index (χ3n) is 0.573. The van der Waals surface area contributed by atoms with Crippen molar-refractivity contribution in [3.8, 4) is 0 Å². The van der Waals surface area contributed by atoms with E-state index in [0.29, 0.717) is 13.2 Å². The second kappa shape index (κ2) is 14.6. The third kappa shape index (κ3) is 33.1. The Labute approximate surface area is 105 Å². The summed E-state index contributed by atoms with van der Waals surface area (Å²) in [5.41, 5.74) is 9.82. The first-order valence-corrected chi connectivity index (χ1v) is 4.20. The molecule has 0 saturated carbocycles. The minimum Gasteiger partial charge on any atom is -0.472 e. The van der Waals surface area contributed by atoms with Crippen LogP contribution in [0.2, 0.25) is 0 Å². The van der Waals surface area contributed by atoms with Gasteiger partial charge >= 0.3 is 0 Å². The number of hydrogen-bond donors (Lipinski definition) is 2. The van der Waals surface area contributed by atoms with E-state index in [4.69, 9.17) is 11.5 Å². The SMILES string of the molecule is CCOC(N)=S.CCOC(N)=S.[Ag]. The maximum atomic E-state index is 4.91. The van der Waals surface area contributed by atoms with E-state index < -0.39 is 0 Å². The molecule has 0 fully saturated rings. The largest absolute Gasteiger partial charge is 0.472 e. The van der Waals surface area contributed by atoms with Crippen LogP contribution in [0.1, 0.15) is 13.8 Å². The third-order valence-corrected chi connectivity index (χ3v) is 0.809. The summed E-state index contributed by atoms with van der Waals surface area (Å²) in [6.07, 6.45) is 0. The fourth-order valence-corrected chi connectivity index (χ4v) is 0.520. The van der Waals surface area contributed by atoms with Gasteiger partial charge in [-0.1, -0.05) is 0 Å². The maximum Gasteiger partial charge on any atom is 0.253 e. The minimum absolute atomic E-state index is 0. The smallest absolute Gasteiger partial charge is 0.253 e. The van der Waals surface area contributed by atoms with Crippen LogP contribution < -0.4 is 11.5 Å². The molecule has 4 N–H and O–H groups in total. The second-order valence-electron chi connectivity index (χ2n) is 1.50. The van der Waals surface area contributed by atoms with Gasteiger partial charge in [-0.2, -0.15) is 0 Å². The molecule has 0 spiro atoms. The molecule has 0 aromatic rings. The first-order chi connectivity index (χ1) is 5.54. The Morgan fingerprint density at radius 3 is 1.23 bits per heavy atom. The van der Waals surface area contributed by atoms with E-state index in [1.807, 2.05) is 13.8 Å². The fourth-order valence-electron chi connectivity index (χ4n) is 0.285. The molecule has 0 bridgehead atoms. The molecule has 0 heterocycles. The van der Waals surface area contributed by atoms with E-state index >= 15 is 0 Å². The maximum absolute atomic E-state index is 4.91. The summed E-state index contributed by atoms with van der Waals surface area (Å²) in [6, 6.07) is 0. The first kappa shape index (κ1) is 18.8. The van der Waals surface area contributed by atoms with Crippen LogP contribution in [0.5, 0.6) is 0 Å². The quantitative estimate of drug-likeness (QED) is 0.572. The van der Waals surface area contributed by atoms with Gasteiger partial charge in [0.15, 0.2) is 0 Å². The van der Waals surface area contributed by atoms with E-state index in [2.05, 4.69) is 33.9 Å². The van der Waals surface area contributed by atoms with Gasteiger partial charge in [0.2, 0.25) is 0 Å². The van der Waals surface area contributed by atoms with Crippen LogP contribution in [-0.2, 0) is 31.9 Å². The molecule has 0 atom stereocenters. The summed E-state index contributed by atoms with van der Waals surface area (Å²) in [5.74, 6) is 0. The van der Waals surface area contributed by atoms with E-state index in [9.17, 15) is 0 Å². The molecule has 7 heteroatoms. The van der Waals surface area contributed by atoms with Crippen molar-refractivity contribution in [2.24, 2.45) is 11.5 Å². The van der Waals surface area contributed by atoms with Gasteiger partial charge in [0.25, 0.3) is 10.3 Å². The zero-order valence-electron chi connectivity index (χ0n) is 7.50. The predicted molar refractivity (Wildman–Crippen MR) is 56.8 cm³/mol. The first-order valence-electron chi connectivity index (χ1n) is 3.39. The molecule has 0 rings (SSSR count). The molecule has 0 aromatic heterocycles. The van der Waals surface area contributed by atoms with Crippen LogP contribution in [0.3, 0.4) is 0 Å². The molecule has 0 aliphatic heterocycles. The molecule has 83 valence electrons. The van der Waals surface area contributed by atoms with Gasteiger partial charge in [-0.15, -0.1) is 0 Å². The van der Waals surface area contributed by atoms with Crippen molar-refractivity contribution < 1.29 is 31.9 Å². The Balaban J connectivity index is -0.000000143. The number of nitrogens with two attached hydrogens (primary N) is 2. The number of rotatable bonds is 2. The molecule has 4 nitrogen and oxygen atoms in total. The van der Waals surface area contributed by atoms with Crippen molar-refractivity contribution >= 4 is 34.8 Å². The normalized spacial score (nSPS) is 6.92. The number of hydrogen-bond acceptors (Lipinski definition) is 4. The van der Waals surface area contributed by atoms with Gasteiger partial charge in [0, 0.05) is 22.4 Å². The molecular formula is C6H14AgN2O2S2. The number of ether oxygens (including phenoxy) is 2. The average molecular weight is 318 g/mol.